The van der Waals surface area contributed by atoms with Gasteiger partial charge in [0.15, 0.2) is 5.92 Å². The maximum absolute atomic E-state index is 11.1. The van der Waals surface area contributed by atoms with E-state index in [9.17, 15) is 9.59 Å². The Balaban J connectivity index is 2.37. The molecule has 0 aromatic carbocycles. The van der Waals surface area contributed by atoms with E-state index in [0.29, 0.717) is 6.42 Å². The lowest BCUT2D eigenvalue weighted by atomic mass is 10.00. The van der Waals surface area contributed by atoms with Gasteiger partial charge in [0.05, 0.1) is 13.2 Å². The van der Waals surface area contributed by atoms with E-state index in [0.717, 1.165) is 19.4 Å². The smallest absolute Gasteiger partial charge is 0.320 e. The first-order valence-corrected chi connectivity index (χ1v) is 5.07. The van der Waals surface area contributed by atoms with Crippen LogP contribution in [0.4, 0.5) is 0 Å². The van der Waals surface area contributed by atoms with E-state index >= 15 is 0 Å². The second-order valence-electron chi connectivity index (χ2n) is 3.63. The van der Waals surface area contributed by atoms with Crippen LogP contribution in [0.2, 0.25) is 0 Å². The molecule has 1 heterocycles. The fraction of sp³-hybridized carbons (Fsp3) is 0.800. The lowest BCUT2D eigenvalue weighted by Crippen LogP contribution is -2.26. The number of rotatable bonds is 5. The van der Waals surface area contributed by atoms with Crippen molar-refractivity contribution in [3.05, 3.63) is 0 Å². The van der Waals surface area contributed by atoms with E-state index in [1.807, 2.05) is 0 Å². The molecule has 0 saturated carbocycles. The van der Waals surface area contributed by atoms with Gasteiger partial charge in [-0.25, -0.2) is 0 Å². The van der Waals surface area contributed by atoms with Crippen LogP contribution in [0.25, 0.3) is 0 Å². The molecule has 0 aromatic rings. The molecule has 5 nitrogen and oxygen atoms in total. The van der Waals surface area contributed by atoms with Crippen molar-refractivity contribution in [3.63, 3.8) is 0 Å². The molecule has 0 radical (unpaired) electrons. The normalized spacial score (nSPS) is 22.3. The van der Waals surface area contributed by atoms with Crippen molar-refractivity contribution in [1.29, 1.82) is 0 Å². The highest BCUT2D eigenvalue weighted by molar-refractivity contribution is 5.93. The first-order valence-electron chi connectivity index (χ1n) is 5.07. The predicted molar refractivity (Wildman–Crippen MR) is 51.3 cm³/mol. The monoisotopic (exact) mass is 216 g/mol. The fourth-order valence-corrected chi connectivity index (χ4v) is 1.71. The molecule has 1 fully saturated rings. The van der Waals surface area contributed by atoms with Crippen LogP contribution in [-0.4, -0.2) is 36.9 Å². The largest absolute Gasteiger partial charge is 0.481 e. The number of carbonyl (C=O) groups excluding carboxylic acids is 1. The van der Waals surface area contributed by atoms with Crippen molar-refractivity contribution < 1.29 is 24.2 Å². The molecule has 0 spiro atoms. The minimum Gasteiger partial charge on any atom is -0.481 e. The summed E-state index contributed by atoms with van der Waals surface area (Å²) in [6, 6.07) is 0. The Bertz CT molecular complexity index is 232. The average molecular weight is 216 g/mol. The topological polar surface area (TPSA) is 72.8 Å². The van der Waals surface area contributed by atoms with Crippen molar-refractivity contribution in [1.82, 2.24) is 0 Å². The number of carbonyl (C=O) groups is 2. The van der Waals surface area contributed by atoms with E-state index in [-0.39, 0.29) is 12.5 Å². The SMILES string of the molecule is COC(=O)C(CCC1CCCO1)C(=O)O. The third-order valence-corrected chi connectivity index (χ3v) is 2.59. The quantitative estimate of drug-likeness (QED) is 0.544. The van der Waals surface area contributed by atoms with Crippen LogP contribution in [0.5, 0.6) is 0 Å². The molecule has 5 heteroatoms. The van der Waals surface area contributed by atoms with Gasteiger partial charge in [0, 0.05) is 6.61 Å². The molecule has 0 aliphatic carbocycles. The van der Waals surface area contributed by atoms with Gasteiger partial charge in [-0.2, -0.15) is 0 Å². The Kier molecular flexibility index (Phi) is 4.55. The number of carboxylic acid groups (broad SMARTS) is 1. The Morgan fingerprint density at radius 2 is 2.33 bits per heavy atom. The van der Waals surface area contributed by atoms with E-state index in [1.54, 1.807) is 0 Å². The summed E-state index contributed by atoms with van der Waals surface area (Å²) in [6.07, 6.45) is 2.96. The molecule has 1 aliphatic rings. The molecule has 0 aromatic heterocycles. The average Bonchev–Trinajstić information content (AvgIpc) is 2.70. The molecular formula is C10H16O5. The highest BCUT2D eigenvalue weighted by Crippen LogP contribution is 2.20. The van der Waals surface area contributed by atoms with Crippen LogP contribution < -0.4 is 0 Å². The van der Waals surface area contributed by atoms with Gasteiger partial charge in [0.2, 0.25) is 0 Å². The van der Waals surface area contributed by atoms with Gasteiger partial charge < -0.3 is 14.6 Å². The summed E-state index contributed by atoms with van der Waals surface area (Å²) in [5, 5.41) is 8.81. The van der Waals surface area contributed by atoms with Crippen LogP contribution in [0.3, 0.4) is 0 Å². The third kappa shape index (κ3) is 3.51. The summed E-state index contributed by atoms with van der Waals surface area (Å²) in [4.78, 5) is 21.9. The number of methoxy groups -OCH3 is 1. The number of hydrogen-bond donors (Lipinski definition) is 1. The van der Waals surface area contributed by atoms with Crippen molar-refractivity contribution >= 4 is 11.9 Å². The van der Waals surface area contributed by atoms with Gasteiger partial charge in [-0.05, 0) is 25.7 Å². The number of esters is 1. The molecule has 1 rings (SSSR count). The maximum atomic E-state index is 11.1. The van der Waals surface area contributed by atoms with Gasteiger partial charge >= 0.3 is 11.9 Å². The lowest BCUT2D eigenvalue weighted by Gasteiger charge is -2.12. The van der Waals surface area contributed by atoms with Crippen LogP contribution >= 0.6 is 0 Å². The molecule has 1 saturated heterocycles. The summed E-state index contributed by atoms with van der Waals surface area (Å²) in [7, 11) is 1.20. The highest BCUT2D eigenvalue weighted by atomic mass is 16.5. The number of ether oxygens (including phenoxy) is 2. The Morgan fingerprint density at radius 1 is 1.60 bits per heavy atom. The zero-order chi connectivity index (χ0) is 11.3. The van der Waals surface area contributed by atoms with Gasteiger partial charge in [-0.3, -0.25) is 9.59 Å². The molecule has 86 valence electrons. The standard InChI is InChI=1S/C10H16O5/c1-14-10(13)8(9(11)12)5-4-7-3-2-6-15-7/h7-8H,2-6H2,1H3,(H,11,12). The van der Waals surface area contributed by atoms with E-state index < -0.39 is 17.9 Å². The summed E-state index contributed by atoms with van der Waals surface area (Å²) >= 11 is 0. The van der Waals surface area contributed by atoms with E-state index in [2.05, 4.69) is 4.74 Å². The summed E-state index contributed by atoms with van der Waals surface area (Å²) in [5.41, 5.74) is 0. The third-order valence-electron chi connectivity index (χ3n) is 2.59. The van der Waals surface area contributed by atoms with Crippen molar-refractivity contribution in [2.24, 2.45) is 5.92 Å². The van der Waals surface area contributed by atoms with Crippen molar-refractivity contribution in [3.8, 4) is 0 Å². The first-order chi connectivity index (χ1) is 7.15. The molecule has 15 heavy (non-hydrogen) atoms. The Morgan fingerprint density at radius 3 is 2.80 bits per heavy atom. The van der Waals surface area contributed by atoms with E-state index in [4.69, 9.17) is 9.84 Å². The summed E-state index contributed by atoms with van der Waals surface area (Å²) < 4.78 is 9.78. The van der Waals surface area contributed by atoms with Crippen LogP contribution in [-0.2, 0) is 19.1 Å². The number of hydrogen-bond acceptors (Lipinski definition) is 4. The molecule has 1 N–H and O–H groups in total. The number of carboxylic acids is 1. The molecule has 2 unspecified atom stereocenters. The second kappa shape index (κ2) is 5.70. The Labute approximate surface area is 88.4 Å². The summed E-state index contributed by atoms with van der Waals surface area (Å²) in [5.74, 6) is -2.86. The maximum Gasteiger partial charge on any atom is 0.320 e. The minimum atomic E-state index is -1.13. The predicted octanol–water partition coefficient (Wildman–Crippen LogP) is 0.819. The van der Waals surface area contributed by atoms with Crippen LogP contribution in [0, 0.1) is 5.92 Å². The minimum absolute atomic E-state index is 0.108. The molecular weight excluding hydrogens is 200 g/mol. The zero-order valence-corrected chi connectivity index (χ0v) is 8.77. The number of aliphatic carboxylic acids is 1. The van der Waals surface area contributed by atoms with Gasteiger partial charge in [0.25, 0.3) is 0 Å². The van der Waals surface area contributed by atoms with Gasteiger partial charge in [-0.1, -0.05) is 0 Å². The first kappa shape index (κ1) is 12.0. The van der Waals surface area contributed by atoms with E-state index in [1.165, 1.54) is 7.11 Å². The van der Waals surface area contributed by atoms with Crippen LogP contribution in [0.15, 0.2) is 0 Å². The Hall–Kier alpha value is -1.10. The zero-order valence-electron chi connectivity index (χ0n) is 8.77. The highest BCUT2D eigenvalue weighted by Gasteiger charge is 2.28. The molecule has 1 aliphatic heterocycles. The van der Waals surface area contributed by atoms with Gasteiger partial charge in [-0.15, -0.1) is 0 Å². The molecule has 2 atom stereocenters. The van der Waals surface area contributed by atoms with Crippen molar-refractivity contribution in [2.75, 3.05) is 13.7 Å². The second-order valence-corrected chi connectivity index (χ2v) is 3.63. The van der Waals surface area contributed by atoms with Crippen LogP contribution in [0.1, 0.15) is 25.7 Å². The fourth-order valence-electron chi connectivity index (χ4n) is 1.71. The van der Waals surface area contributed by atoms with Crippen molar-refractivity contribution in [2.45, 2.75) is 31.8 Å². The lowest BCUT2D eigenvalue weighted by molar-refractivity contribution is -0.157. The summed E-state index contributed by atoms with van der Waals surface area (Å²) in [6.45, 7) is 0.737. The van der Waals surface area contributed by atoms with Gasteiger partial charge in [0.1, 0.15) is 0 Å². The molecule has 0 amide bonds. The molecule has 0 bridgehead atoms.